The molecule has 81 valence electrons. The second kappa shape index (κ2) is 3.68. The lowest BCUT2D eigenvalue weighted by molar-refractivity contribution is 0.522. The predicted molar refractivity (Wildman–Crippen MR) is 67.7 cm³/mol. The van der Waals surface area contributed by atoms with Crippen molar-refractivity contribution in [3.05, 3.63) is 29.3 Å². The summed E-state index contributed by atoms with van der Waals surface area (Å²) in [5, 5.41) is 3.22. The minimum Gasteiger partial charge on any atom is -0.360 e. The molecule has 15 heavy (non-hydrogen) atoms. The summed E-state index contributed by atoms with van der Waals surface area (Å²) in [7, 11) is 0. The highest BCUT2D eigenvalue weighted by atomic mass is 79.9. The van der Waals surface area contributed by atoms with E-state index < -0.39 is 0 Å². The number of fused-ring (bicyclic) bond motifs is 1. The van der Waals surface area contributed by atoms with E-state index in [0.29, 0.717) is 0 Å². The van der Waals surface area contributed by atoms with E-state index in [4.69, 9.17) is 5.73 Å². The number of benzene rings is 1. The van der Waals surface area contributed by atoms with Crippen LogP contribution in [0.4, 0.5) is 11.4 Å². The second-order valence-corrected chi connectivity index (χ2v) is 5.47. The van der Waals surface area contributed by atoms with E-state index in [9.17, 15) is 0 Å². The molecule has 0 unspecified atom stereocenters. The van der Waals surface area contributed by atoms with E-state index in [-0.39, 0.29) is 5.54 Å². The van der Waals surface area contributed by atoms with Gasteiger partial charge in [-0.1, -0.05) is 15.9 Å². The normalized spacial score (nSPS) is 15.1. The van der Waals surface area contributed by atoms with E-state index in [1.54, 1.807) is 0 Å². The molecule has 3 nitrogen and oxygen atoms in total. The van der Waals surface area contributed by atoms with Gasteiger partial charge in [0.15, 0.2) is 0 Å². The van der Waals surface area contributed by atoms with Gasteiger partial charge < -0.3 is 16.0 Å². The molecule has 0 spiro atoms. The van der Waals surface area contributed by atoms with Crippen molar-refractivity contribution in [3.8, 4) is 0 Å². The Bertz CT molecular complexity index is 371. The molecule has 0 bridgehead atoms. The van der Waals surface area contributed by atoms with Gasteiger partial charge in [0.05, 0.1) is 11.4 Å². The average molecular weight is 269 g/mol. The van der Waals surface area contributed by atoms with Crippen molar-refractivity contribution >= 4 is 27.3 Å². The van der Waals surface area contributed by atoms with Crippen LogP contribution in [-0.4, -0.2) is 12.1 Å². The summed E-state index contributed by atoms with van der Waals surface area (Å²) in [6.45, 7) is 6.81. The number of nitrogens with two attached hydrogens (primary N) is 1. The lowest BCUT2D eigenvalue weighted by Crippen LogP contribution is -2.44. The summed E-state index contributed by atoms with van der Waals surface area (Å²) in [5.74, 6) is 0. The molecule has 0 atom stereocenters. The molecule has 1 aromatic rings. The molecular weight excluding hydrogens is 254 g/mol. The SMILES string of the molecule is CC(C)(N)CN1[CH]Nc2ccc(Br)cc21. The molecule has 1 aliphatic heterocycles. The van der Waals surface area contributed by atoms with E-state index in [0.717, 1.165) is 16.7 Å². The lowest BCUT2D eigenvalue weighted by Gasteiger charge is -2.27. The number of halogens is 1. The Balaban J connectivity index is 2.24. The zero-order valence-corrected chi connectivity index (χ0v) is 10.5. The summed E-state index contributed by atoms with van der Waals surface area (Å²) in [6, 6.07) is 6.17. The number of rotatable bonds is 2. The minimum absolute atomic E-state index is 0.206. The van der Waals surface area contributed by atoms with Gasteiger partial charge in [-0.05, 0) is 32.0 Å². The summed E-state index contributed by atoms with van der Waals surface area (Å²) >= 11 is 3.47. The fourth-order valence-electron chi connectivity index (χ4n) is 1.65. The van der Waals surface area contributed by atoms with E-state index >= 15 is 0 Å². The van der Waals surface area contributed by atoms with Gasteiger partial charge in [-0.25, -0.2) is 0 Å². The van der Waals surface area contributed by atoms with Crippen LogP contribution in [0.15, 0.2) is 22.7 Å². The van der Waals surface area contributed by atoms with Crippen LogP contribution in [-0.2, 0) is 0 Å². The van der Waals surface area contributed by atoms with Crippen LogP contribution in [0.2, 0.25) is 0 Å². The van der Waals surface area contributed by atoms with Gasteiger partial charge in [0.1, 0.15) is 6.67 Å². The van der Waals surface area contributed by atoms with E-state index in [1.165, 1.54) is 5.69 Å². The third-order valence-corrected chi connectivity index (χ3v) is 2.72. The van der Waals surface area contributed by atoms with Crippen LogP contribution < -0.4 is 16.0 Å². The Kier molecular flexibility index (Phi) is 2.64. The third kappa shape index (κ3) is 2.44. The van der Waals surface area contributed by atoms with Crippen molar-refractivity contribution in [2.45, 2.75) is 19.4 Å². The van der Waals surface area contributed by atoms with Crippen molar-refractivity contribution < 1.29 is 0 Å². The van der Waals surface area contributed by atoms with Crippen LogP contribution >= 0.6 is 15.9 Å². The van der Waals surface area contributed by atoms with Gasteiger partial charge in [-0.2, -0.15) is 0 Å². The zero-order valence-electron chi connectivity index (χ0n) is 8.92. The van der Waals surface area contributed by atoms with E-state index in [2.05, 4.69) is 38.3 Å². The molecule has 0 fully saturated rings. The molecule has 0 aromatic heterocycles. The van der Waals surface area contributed by atoms with Gasteiger partial charge in [-0.3, -0.25) is 0 Å². The first kappa shape index (κ1) is 10.8. The molecule has 0 amide bonds. The molecule has 3 N–H and O–H groups in total. The zero-order chi connectivity index (χ0) is 11.1. The number of anilines is 2. The third-order valence-electron chi connectivity index (χ3n) is 2.22. The molecule has 0 saturated carbocycles. The quantitative estimate of drug-likeness (QED) is 0.866. The number of hydrogen-bond acceptors (Lipinski definition) is 3. The molecule has 2 rings (SSSR count). The van der Waals surface area contributed by atoms with Crippen molar-refractivity contribution in [1.82, 2.24) is 0 Å². The summed E-state index contributed by atoms with van der Waals surface area (Å²) < 4.78 is 1.08. The van der Waals surface area contributed by atoms with Gasteiger partial charge >= 0.3 is 0 Å². The monoisotopic (exact) mass is 268 g/mol. The Morgan fingerprint density at radius 2 is 2.20 bits per heavy atom. The van der Waals surface area contributed by atoms with Crippen LogP contribution in [0.3, 0.4) is 0 Å². The Labute approximate surface area is 98.8 Å². The largest absolute Gasteiger partial charge is 0.360 e. The first-order chi connectivity index (χ1) is 6.96. The van der Waals surface area contributed by atoms with Gasteiger partial charge in [0.25, 0.3) is 0 Å². The molecule has 1 radical (unpaired) electrons. The van der Waals surface area contributed by atoms with Crippen molar-refractivity contribution in [2.24, 2.45) is 5.73 Å². The molecule has 1 aliphatic rings. The number of hydrogen-bond donors (Lipinski definition) is 2. The fourth-order valence-corrected chi connectivity index (χ4v) is 2.00. The lowest BCUT2D eigenvalue weighted by atomic mass is 10.1. The minimum atomic E-state index is -0.206. The molecular formula is C11H15BrN3. The highest BCUT2D eigenvalue weighted by Gasteiger charge is 2.24. The summed E-state index contributed by atoms with van der Waals surface area (Å²) in [5.41, 5.74) is 8.10. The Hall–Kier alpha value is -0.740. The highest BCUT2D eigenvalue weighted by molar-refractivity contribution is 9.10. The number of nitrogens with zero attached hydrogens (tertiary/aromatic N) is 1. The summed E-state index contributed by atoms with van der Waals surface area (Å²) in [6.07, 6.45) is 0. The van der Waals surface area contributed by atoms with Crippen molar-refractivity contribution in [2.75, 3.05) is 16.8 Å². The smallest absolute Gasteiger partial charge is 0.139 e. The van der Waals surface area contributed by atoms with E-state index in [1.807, 2.05) is 26.6 Å². The molecule has 1 aromatic carbocycles. The molecule has 0 aliphatic carbocycles. The average Bonchev–Trinajstić information content (AvgIpc) is 2.46. The topological polar surface area (TPSA) is 41.3 Å². The number of nitrogens with one attached hydrogen (secondary N) is 1. The maximum absolute atomic E-state index is 6.01. The first-order valence-electron chi connectivity index (χ1n) is 4.91. The fraction of sp³-hybridized carbons (Fsp3) is 0.364. The van der Waals surface area contributed by atoms with Gasteiger partial charge in [0, 0.05) is 16.6 Å². The highest BCUT2D eigenvalue weighted by Crippen LogP contribution is 2.35. The van der Waals surface area contributed by atoms with Crippen LogP contribution in [0.25, 0.3) is 0 Å². The maximum atomic E-state index is 6.01. The Morgan fingerprint density at radius 1 is 1.47 bits per heavy atom. The van der Waals surface area contributed by atoms with Crippen LogP contribution in [0.5, 0.6) is 0 Å². The van der Waals surface area contributed by atoms with Crippen LogP contribution in [0, 0.1) is 6.67 Å². The van der Waals surface area contributed by atoms with Gasteiger partial charge in [0.2, 0.25) is 0 Å². The molecule has 1 heterocycles. The standard InChI is InChI=1S/C11H15BrN3/c1-11(2,13)6-15-7-14-9-4-3-8(12)5-10(9)15/h3-5,7,14H,6,13H2,1-2H3. The van der Waals surface area contributed by atoms with Crippen molar-refractivity contribution in [1.29, 1.82) is 0 Å². The summed E-state index contributed by atoms with van der Waals surface area (Å²) in [4.78, 5) is 2.14. The Morgan fingerprint density at radius 3 is 2.87 bits per heavy atom. The molecule has 4 heteroatoms. The second-order valence-electron chi connectivity index (χ2n) is 4.55. The van der Waals surface area contributed by atoms with Crippen LogP contribution in [0.1, 0.15) is 13.8 Å². The van der Waals surface area contributed by atoms with Crippen molar-refractivity contribution in [3.63, 3.8) is 0 Å². The maximum Gasteiger partial charge on any atom is 0.139 e. The molecule has 0 saturated heterocycles. The predicted octanol–water partition coefficient (Wildman–Crippen LogP) is 2.54. The first-order valence-corrected chi connectivity index (χ1v) is 5.70. The van der Waals surface area contributed by atoms with Gasteiger partial charge in [-0.15, -0.1) is 0 Å².